The molecule has 1 aliphatic heterocycles. The largest absolute Gasteiger partial charge is 0.343 e. The van der Waals surface area contributed by atoms with Crippen molar-refractivity contribution in [1.82, 2.24) is 24.2 Å². The summed E-state index contributed by atoms with van der Waals surface area (Å²) in [5.41, 5.74) is 1.27. The minimum atomic E-state index is -3.25. The third kappa shape index (κ3) is 2.32. The number of aromatic nitrogens is 4. The standard InChI is InChI=1S/C12H15N5O2S/c1-20(18,19)17-8-2-3-9(17)10-11(14-5-4-13-10)12-15-6-7-16-12/h4-7,9H,2-3,8H2,1H3,(H,15,16). The van der Waals surface area contributed by atoms with Gasteiger partial charge < -0.3 is 4.98 Å². The minimum Gasteiger partial charge on any atom is -0.343 e. The molecule has 20 heavy (non-hydrogen) atoms. The zero-order valence-electron chi connectivity index (χ0n) is 11.0. The van der Waals surface area contributed by atoms with Gasteiger partial charge in [0.05, 0.1) is 18.0 Å². The average molecular weight is 293 g/mol. The van der Waals surface area contributed by atoms with Crippen molar-refractivity contribution in [3.63, 3.8) is 0 Å². The predicted octanol–water partition coefficient (Wildman–Crippen LogP) is 0.963. The number of imidazole rings is 1. The number of nitrogens with one attached hydrogen (secondary N) is 1. The lowest BCUT2D eigenvalue weighted by molar-refractivity contribution is 0.394. The number of aromatic amines is 1. The summed E-state index contributed by atoms with van der Waals surface area (Å²) in [4.78, 5) is 15.8. The highest BCUT2D eigenvalue weighted by atomic mass is 32.2. The summed E-state index contributed by atoms with van der Waals surface area (Å²) in [5, 5.41) is 0. The Morgan fingerprint density at radius 2 is 2.05 bits per heavy atom. The van der Waals surface area contributed by atoms with Crippen LogP contribution in [0.5, 0.6) is 0 Å². The van der Waals surface area contributed by atoms with Crippen LogP contribution in [0.25, 0.3) is 11.5 Å². The predicted molar refractivity (Wildman–Crippen MR) is 73.1 cm³/mol. The Bertz CT molecular complexity index is 698. The van der Waals surface area contributed by atoms with Gasteiger partial charge in [-0.25, -0.2) is 18.4 Å². The second kappa shape index (κ2) is 4.95. The molecule has 2 aromatic rings. The fraction of sp³-hybridized carbons (Fsp3) is 0.417. The summed E-state index contributed by atoms with van der Waals surface area (Å²) in [6.07, 6.45) is 9.31. The van der Waals surface area contributed by atoms with E-state index in [2.05, 4.69) is 19.9 Å². The van der Waals surface area contributed by atoms with Crippen molar-refractivity contribution in [3.05, 3.63) is 30.5 Å². The maximum absolute atomic E-state index is 11.9. The van der Waals surface area contributed by atoms with Crippen LogP contribution in [0.1, 0.15) is 24.6 Å². The third-order valence-electron chi connectivity index (χ3n) is 3.39. The molecule has 1 unspecified atom stereocenters. The van der Waals surface area contributed by atoms with Gasteiger partial charge in [0.1, 0.15) is 5.69 Å². The van der Waals surface area contributed by atoms with Gasteiger partial charge in [-0.1, -0.05) is 0 Å². The molecule has 3 rings (SSSR count). The van der Waals surface area contributed by atoms with Crippen LogP contribution in [0.2, 0.25) is 0 Å². The highest BCUT2D eigenvalue weighted by Crippen LogP contribution is 2.35. The second-order valence-corrected chi connectivity index (χ2v) is 6.69. The first kappa shape index (κ1) is 13.2. The number of H-pyrrole nitrogens is 1. The highest BCUT2D eigenvalue weighted by molar-refractivity contribution is 7.88. The van der Waals surface area contributed by atoms with Gasteiger partial charge in [0.2, 0.25) is 10.0 Å². The molecular formula is C12H15N5O2S. The Balaban J connectivity index is 2.07. The van der Waals surface area contributed by atoms with Crippen LogP contribution in [0.15, 0.2) is 24.8 Å². The molecule has 0 spiro atoms. The van der Waals surface area contributed by atoms with E-state index in [1.807, 2.05) is 0 Å². The molecule has 8 heteroatoms. The molecule has 3 heterocycles. The summed E-state index contributed by atoms with van der Waals surface area (Å²) < 4.78 is 25.2. The molecule has 0 bridgehead atoms. The molecule has 0 aliphatic carbocycles. The van der Waals surface area contributed by atoms with Crippen LogP contribution in [0.3, 0.4) is 0 Å². The normalized spacial score (nSPS) is 20.4. The zero-order valence-corrected chi connectivity index (χ0v) is 11.8. The van der Waals surface area contributed by atoms with Crippen molar-refractivity contribution in [3.8, 4) is 11.5 Å². The zero-order chi connectivity index (χ0) is 14.2. The Hall–Kier alpha value is -1.80. The summed E-state index contributed by atoms with van der Waals surface area (Å²) in [6.45, 7) is 0.525. The van der Waals surface area contributed by atoms with Crippen molar-refractivity contribution in [2.75, 3.05) is 12.8 Å². The maximum atomic E-state index is 11.9. The molecule has 1 N–H and O–H groups in total. The van der Waals surface area contributed by atoms with E-state index >= 15 is 0 Å². The quantitative estimate of drug-likeness (QED) is 0.910. The van der Waals surface area contributed by atoms with Gasteiger partial charge >= 0.3 is 0 Å². The van der Waals surface area contributed by atoms with E-state index in [0.717, 1.165) is 12.8 Å². The molecule has 106 valence electrons. The monoisotopic (exact) mass is 293 g/mol. The van der Waals surface area contributed by atoms with Crippen LogP contribution in [0.4, 0.5) is 0 Å². The van der Waals surface area contributed by atoms with Gasteiger partial charge in [0, 0.05) is 31.3 Å². The number of hydrogen-bond acceptors (Lipinski definition) is 5. The van der Waals surface area contributed by atoms with E-state index in [4.69, 9.17) is 0 Å². The fourth-order valence-corrected chi connectivity index (χ4v) is 3.71. The molecular weight excluding hydrogens is 278 g/mol. The molecule has 1 saturated heterocycles. The molecule has 1 fully saturated rings. The first-order valence-electron chi connectivity index (χ1n) is 6.35. The van der Waals surface area contributed by atoms with Crippen LogP contribution in [0, 0.1) is 0 Å². The lowest BCUT2D eigenvalue weighted by atomic mass is 10.1. The summed E-state index contributed by atoms with van der Waals surface area (Å²) in [5.74, 6) is 0.605. The van der Waals surface area contributed by atoms with Crippen molar-refractivity contribution in [2.24, 2.45) is 0 Å². The van der Waals surface area contributed by atoms with Crippen molar-refractivity contribution >= 4 is 10.0 Å². The van der Waals surface area contributed by atoms with Gasteiger partial charge in [0.15, 0.2) is 5.82 Å². The molecule has 0 aromatic carbocycles. The first-order valence-corrected chi connectivity index (χ1v) is 8.19. The smallest absolute Gasteiger partial charge is 0.211 e. The number of sulfonamides is 1. The van der Waals surface area contributed by atoms with E-state index in [9.17, 15) is 8.42 Å². The van der Waals surface area contributed by atoms with E-state index in [1.165, 1.54) is 10.6 Å². The Morgan fingerprint density at radius 1 is 1.25 bits per heavy atom. The van der Waals surface area contributed by atoms with Crippen molar-refractivity contribution in [1.29, 1.82) is 0 Å². The van der Waals surface area contributed by atoms with E-state index in [-0.39, 0.29) is 6.04 Å². The van der Waals surface area contributed by atoms with Crippen LogP contribution in [-0.2, 0) is 10.0 Å². The molecule has 0 saturated carbocycles. The Morgan fingerprint density at radius 3 is 2.75 bits per heavy atom. The SMILES string of the molecule is CS(=O)(=O)N1CCCC1c1nccnc1-c1ncc[nH]1. The maximum Gasteiger partial charge on any atom is 0.211 e. The number of nitrogens with zero attached hydrogens (tertiary/aromatic N) is 4. The summed E-state index contributed by atoms with van der Waals surface area (Å²) >= 11 is 0. The summed E-state index contributed by atoms with van der Waals surface area (Å²) in [6, 6.07) is -0.265. The van der Waals surface area contributed by atoms with Gasteiger partial charge in [-0.3, -0.25) is 4.98 Å². The molecule has 0 amide bonds. The van der Waals surface area contributed by atoms with Crippen LogP contribution >= 0.6 is 0 Å². The molecule has 1 aliphatic rings. The Labute approximate surface area is 117 Å². The highest BCUT2D eigenvalue weighted by Gasteiger charge is 2.35. The fourth-order valence-electron chi connectivity index (χ4n) is 2.58. The lowest BCUT2D eigenvalue weighted by Gasteiger charge is -2.22. The van der Waals surface area contributed by atoms with E-state index in [1.54, 1.807) is 24.8 Å². The molecule has 7 nitrogen and oxygen atoms in total. The lowest BCUT2D eigenvalue weighted by Crippen LogP contribution is -2.30. The molecule has 1 atom stereocenters. The first-order chi connectivity index (χ1) is 9.57. The van der Waals surface area contributed by atoms with Crippen LogP contribution in [-0.4, -0.2) is 45.5 Å². The van der Waals surface area contributed by atoms with E-state index < -0.39 is 10.0 Å². The summed E-state index contributed by atoms with van der Waals surface area (Å²) in [7, 11) is -3.25. The topological polar surface area (TPSA) is 91.8 Å². The van der Waals surface area contributed by atoms with Gasteiger partial charge in [0.25, 0.3) is 0 Å². The van der Waals surface area contributed by atoms with Gasteiger partial charge in [-0.2, -0.15) is 4.31 Å². The van der Waals surface area contributed by atoms with Crippen molar-refractivity contribution < 1.29 is 8.42 Å². The van der Waals surface area contributed by atoms with E-state index in [0.29, 0.717) is 23.8 Å². The minimum absolute atomic E-state index is 0.265. The van der Waals surface area contributed by atoms with Crippen molar-refractivity contribution in [2.45, 2.75) is 18.9 Å². The number of rotatable bonds is 3. The average Bonchev–Trinajstić information content (AvgIpc) is 3.09. The van der Waals surface area contributed by atoms with Crippen LogP contribution < -0.4 is 0 Å². The molecule has 2 aromatic heterocycles. The molecule has 0 radical (unpaired) electrons. The van der Waals surface area contributed by atoms with Gasteiger partial charge in [-0.15, -0.1) is 0 Å². The van der Waals surface area contributed by atoms with Gasteiger partial charge in [-0.05, 0) is 12.8 Å². The third-order valence-corrected chi connectivity index (χ3v) is 4.68. The Kier molecular flexibility index (Phi) is 3.27. The second-order valence-electron chi connectivity index (χ2n) is 4.76. The number of hydrogen-bond donors (Lipinski definition) is 1.